The Morgan fingerprint density at radius 3 is 2.52 bits per heavy atom. The van der Waals surface area contributed by atoms with Crippen LogP contribution in [0.4, 0.5) is 16.3 Å². The Bertz CT molecular complexity index is 588. The first-order valence-electron chi connectivity index (χ1n) is 7.21. The number of hydrogen-bond donors (Lipinski definition) is 2. The molecule has 0 atom stereocenters. The second-order valence-electron chi connectivity index (χ2n) is 5.55. The summed E-state index contributed by atoms with van der Waals surface area (Å²) in [5.74, 6) is 0.416. The molecule has 0 aromatic carbocycles. The zero-order chi connectivity index (χ0) is 17.0. The Morgan fingerprint density at radius 1 is 1.30 bits per heavy atom. The summed E-state index contributed by atoms with van der Waals surface area (Å²) in [5, 5.41) is 12.2. The summed E-state index contributed by atoms with van der Waals surface area (Å²) < 4.78 is 0. The molecule has 1 aromatic rings. The number of anilines is 2. The van der Waals surface area contributed by atoms with E-state index >= 15 is 0 Å². The largest absolute Gasteiger partial charge is 0.465 e. The Balaban J connectivity index is 2.13. The van der Waals surface area contributed by atoms with Crippen LogP contribution in [0.1, 0.15) is 0 Å². The number of amides is 2. The molecular weight excluding hydrogens is 322 g/mol. The predicted molar refractivity (Wildman–Crippen MR) is 88.2 cm³/mol. The van der Waals surface area contributed by atoms with E-state index in [9.17, 15) is 9.59 Å². The average molecular weight is 342 g/mol. The van der Waals surface area contributed by atoms with E-state index in [1.54, 1.807) is 17.0 Å². The quantitative estimate of drug-likeness (QED) is 0.795. The van der Waals surface area contributed by atoms with E-state index in [-0.39, 0.29) is 12.5 Å². The van der Waals surface area contributed by atoms with E-state index in [1.807, 2.05) is 19.0 Å². The fraction of sp³-hybridized carbons (Fsp3) is 0.500. The minimum atomic E-state index is -0.928. The highest BCUT2D eigenvalue weighted by Gasteiger charge is 2.23. The first-order valence-corrected chi connectivity index (χ1v) is 7.58. The maximum atomic E-state index is 12.0. The molecule has 0 spiro atoms. The Hall–Kier alpha value is -2.06. The average Bonchev–Trinajstić information content (AvgIpc) is 2.48. The number of halogens is 1. The lowest BCUT2D eigenvalue weighted by Gasteiger charge is -2.34. The maximum absolute atomic E-state index is 12.0. The van der Waals surface area contributed by atoms with Crippen molar-refractivity contribution in [3.8, 4) is 0 Å². The van der Waals surface area contributed by atoms with Gasteiger partial charge in [0.15, 0.2) is 5.82 Å². The molecule has 2 heterocycles. The van der Waals surface area contributed by atoms with E-state index in [1.165, 1.54) is 4.90 Å². The van der Waals surface area contributed by atoms with Crippen molar-refractivity contribution in [3.05, 3.63) is 17.3 Å². The van der Waals surface area contributed by atoms with Gasteiger partial charge in [0.25, 0.3) is 0 Å². The Labute approximate surface area is 139 Å². The van der Waals surface area contributed by atoms with Crippen molar-refractivity contribution in [1.82, 2.24) is 14.8 Å². The third kappa shape index (κ3) is 4.70. The van der Waals surface area contributed by atoms with Gasteiger partial charge in [-0.1, -0.05) is 11.6 Å². The Kier molecular flexibility index (Phi) is 5.62. The van der Waals surface area contributed by atoms with Gasteiger partial charge in [-0.2, -0.15) is 0 Å². The summed E-state index contributed by atoms with van der Waals surface area (Å²) in [6.07, 6.45) is -0.928. The standard InChI is InChI=1S/C14H20ClN5O3/c1-18(2)9-12(21)16-10-3-4-11(15)17-13(10)19-5-7-20(8-6-19)14(22)23/h3-4H,5-9H2,1-2H3,(H,16,21)(H,22,23). The van der Waals surface area contributed by atoms with E-state index in [4.69, 9.17) is 16.7 Å². The molecule has 2 rings (SSSR count). The van der Waals surface area contributed by atoms with E-state index in [0.29, 0.717) is 42.8 Å². The lowest BCUT2D eigenvalue weighted by molar-refractivity contribution is -0.116. The van der Waals surface area contributed by atoms with Gasteiger partial charge in [-0.05, 0) is 26.2 Å². The number of carbonyl (C=O) groups is 2. The number of likely N-dealkylation sites (N-methyl/N-ethyl adjacent to an activating group) is 1. The van der Waals surface area contributed by atoms with Gasteiger partial charge in [-0.3, -0.25) is 4.79 Å². The zero-order valence-electron chi connectivity index (χ0n) is 13.1. The van der Waals surface area contributed by atoms with Crippen molar-refractivity contribution < 1.29 is 14.7 Å². The van der Waals surface area contributed by atoms with Gasteiger partial charge < -0.3 is 25.1 Å². The highest BCUT2D eigenvalue weighted by molar-refractivity contribution is 6.29. The number of piperazine rings is 1. The predicted octanol–water partition coefficient (Wildman–Crippen LogP) is 1.04. The van der Waals surface area contributed by atoms with Crippen LogP contribution in [0, 0.1) is 0 Å². The number of nitrogens with one attached hydrogen (secondary N) is 1. The van der Waals surface area contributed by atoms with Gasteiger partial charge in [0.1, 0.15) is 5.15 Å². The first-order chi connectivity index (χ1) is 10.9. The summed E-state index contributed by atoms with van der Waals surface area (Å²) >= 11 is 5.97. The van der Waals surface area contributed by atoms with E-state index in [0.717, 1.165) is 0 Å². The van der Waals surface area contributed by atoms with Gasteiger partial charge >= 0.3 is 6.09 Å². The van der Waals surface area contributed by atoms with Crippen molar-refractivity contribution in [2.45, 2.75) is 0 Å². The van der Waals surface area contributed by atoms with Gasteiger partial charge in [-0.25, -0.2) is 9.78 Å². The lowest BCUT2D eigenvalue weighted by atomic mass is 10.3. The number of rotatable bonds is 4. The molecule has 2 N–H and O–H groups in total. The molecule has 0 radical (unpaired) electrons. The van der Waals surface area contributed by atoms with Crippen molar-refractivity contribution in [1.29, 1.82) is 0 Å². The minimum Gasteiger partial charge on any atom is -0.465 e. The molecular formula is C14H20ClN5O3. The molecule has 1 saturated heterocycles. The smallest absolute Gasteiger partial charge is 0.407 e. The van der Waals surface area contributed by atoms with Gasteiger partial charge in [0, 0.05) is 26.2 Å². The molecule has 1 aliphatic heterocycles. The first kappa shape index (κ1) is 17.3. The summed E-state index contributed by atoms with van der Waals surface area (Å²) in [4.78, 5) is 32.3. The molecule has 1 fully saturated rings. The number of nitrogens with zero attached hydrogens (tertiary/aromatic N) is 4. The fourth-order valence-corrected chi connectivity index (χ4v) is 2.49. The van der Waals surface area contributed by atoms with Gasteiger partial charge in [0.05, 0.1) is 12.2 Å². The van der Waals surface area contributed by atoms with Crippen LogP contribution in [-0.4, -0.2) is 78.7 Å². The summed E-state index contributed by atoms with van der Waals surface area (Å²) in [7, 11) is 3.62. The summed E-state index contributed by atoms with van der Waals surface area (Å²) in [5.41, 5.74) is 0.574. The van der Waals surface area contributed by atoms with Crippen LogP contribution in [0.3, 0.4) is 0 Å². The third-order valence-electron chi connectivity index (χ3n) is 3.42. The topological polar surface area (TPSA) is 89.0 Å². The second kappa shape index (κ2) is 7.47. The molecule has 8 nitrogen and oxygen atoms in total. The molecule has 23 heavy (non-hydrogen) atoms. The van der Waals surface area contributed by atoms with Gasteiger partial charge in [0.2, 0.25) is 5.91 Å². The lowest BCUT2D eigenvalue weighted by Crippen LogP contribution is -2.48. The van der Waals surface area contributed by atoms with Crippen LogP contribution >= 0.6 is 11.6 Å². The highest BCUT2D eigenvalue weighted by Crippen LogP contribution is 2.26. The van der Waals surface area contributed by atoms with Crippen molar-refractivity contribution >= 4 is 35.1 Å². The molecule has 0 unspecified atom stereocenters. The maximum Gasteiger partial charge on any atom is 0.407 e. The van der Waals surface area contributed by atoms with E-state index in [2.05, 4.69) is 10.3 Å². The van der Waals surface area contributed by atoms with Crippen molar-refractivity contribution in [2.75, 3.05) is 57.0 Å². The molecule has 126 valence electrons. The molecule has 1 aliphatic rings. The zero-order valence-corrected chi connectivity index (χ0v) is 13.9. The van der Waals surface area contributed by atoms with Crippen molar-refractivity contribution in [3.63, 3.8) is 0 Å². The van der Waals surface area contributed by atoms with Crippen LogP contribution in [0.25, 0.3) is 0 Å². The number of carboxylic acid groups (broad SMARTS) is 1. The number of hydrogen-bond acceptors (Lipinski definition) is 5. The van der Waals surface area contributed by atoms with E-state index < -0.39 is 6.09 Å². The summed E-state index contributed by atoms with van der Waals surface area (Å²) in [6, 6.07) is 3.33. The third-order valence-corrected chi connectivity index (χ3v) is 3.64. The molecule has 0 aliphatic carbocycles. The highest BCUT2D eigenvalue weighted by atomic mass is 35.5. The normalized spacial score (nSPS) is 15.0. The van der Waals surface area contributed by atoms with Crippen LogP contribution < -0.4 is 10.2 Å². The van der Waals surface area contributed by atoms with Crippen molar-refractivity contribution in [2.24, 2.45) is 0 Å². The Morgan fingerprint density at radius 2 is 1.96 bits per heavy atom. The number of aromatic nitrogens is 1. The molecule has 2 amide bonds. The molecule has 1 aromatic heterocycles. The molecule has 0 bridgehead atoms. The van der Waals surface area contributed by atoms with Crippen LogP contribution in [0.5, 0.6) is 0 Å². The van der Waals surface area contributed by atoms with Crippen LogP contribution in [0.15, 0.2) is 12.1 Å². The number of carbonyl (C=O) groups excluding carboxylic acids is 1. The fourth-order valence-electron chi connectivity index (χ4n) is 2.35. The molecule has 0 saturated carbocycles. The monoisotopic (exact) mass is 341 g/mol. The number of pyridine rings is 1. The van der Waals surface area contributed by atoms with Crippen LogP contribution in [0.2, 0.25) is 5.15 Å². The molecule has 9 heteroatoms. The second-order valence-corrected chi connectivity index (χ2v) is 5.94. The van der Waals surface area contributed by atoms with Gasteiger partial charge in [-0.15, -0.1) is 0 Å². The SMILES string of the molecule is CN(C)CC(=O)Nc1ccc(Cl)nc1N1CCN(C(=O)O)CC1. The van der Waals surface area contributed by atoms with Crippen LogP contribution in [-0.2, 0) is 4.79 Å². The minimum absolute atomic E-state index is 0.149. The summed E-state index contributed by atoms with van der Waals surface area (Å²) in [6.45, 7) is 2.02.